The van der Waals surface area contributed by atoms with E-state index < -0.39 is 43.5 Å². The summed E-state index contributed by atoms with van der Waals surface area (Å²) in [7, 11) is 0. The third kappa shape index (κ3) is 2.42. The number of piperidine rings is 1. The fourth-order valence-corrected chi connectivity index (χ4v) is 1.45. The Balaban J connectivity index is 2.77. The lowest BCUT2D eigenvalue weighted by Crippen LogP contribution is -2.41. The van der Waals surface area contributed by atoms with Crippen LogP contribution in [0.5, 0.6) is 0 Å². The van der Waals surface area contributed by atoms with E-state index in [2.05, 4.69) is 0 Å². The predicted octanol–water partition coefficient (Wildman–Crippen LogP) is 2.00. The minimum absolute atomic E-state index is 0.0832. The molecule has 0 radical (unpaired) electrons. The first-order chi connectivity index (χ1) is 11.2. The molecular weight excluding hydrogens is 202 g/mol. The molecule has 3 atom stereocenters. The molecule has 1 unspecified atom stereocenters. The van der Waals surface area contributed by atoms with Crippen LogP contribution in [-0.2, 0) is 4.79 Å². The third-order valence-corrected chi connectivity index (χ3v) is 2.15. The van der Waals surface area contributed by atoms with Crippen molar-refractivity contribution in [1.82, 2.24) is 5.31 Å². The number of carboxylic acid groups (broad SMARTS) is 1. The van der Waals surface area contributed by atoms with Gasteiger partial charge in [0.1, 0.15) is 1.41 Å². The molecule has 1 aromatic carbocycles. The first kappa shape index (κ1) is 4.49. The molecule has 0 spiro atoms. The number of hydrogen-bond donors (Lipinski definition) is 2. The van der Waals surface area contributed by atoms with Crippen LogP contribution in [0.3, 0.4) is 0 Å². The molecule has 86 valence electrons. The topological polar surface area (TPSA) is 49.3 Å². The summed E-state index contributed by atoms with van der Waals surface area (Å²) < 4.78 is 71.6. The highest BCUT2D eigenvalue weighted by molar-refractivity contribution is 5.77. The second-order valence-electron chi connectivity index (χ2n) is 3.18. The maximum absolute atomic E-state index is 11.9. The fourth-order valence-electron chi connectivity index (χ4n) is 1.45. The Morgan fingerprint density at radius 2 is 2.38 bits per heavy atom. The first-order valence-corrected chi connectivity index (χ1v) is 4.72. The molecule has 0 bridgehead atoms. The van der Waals surface area contributed by atoms with Crippen LogP contribution in [0.4, 0.5) is 0 Å². The van der Waals surface area contributed by atoms with Gasteiger partial charge in [-0.1, -0.05) is 36.7 Å². The Labute approximate surface area is 108 Å². The van der Waals surface area contributed by atoms with Crippen molar-refractivity contribution < 1.29 is 22.3 Å². The number of benzene rings is 1. The second-order valence-corrected chi connectivity index (χ2v) is 3.18. The predicted molar refractivity (Wildman–Crippen MR) is 62.5 cm³/mol. The van der Waals surface area contributed by atoms with Gasteiger partial charge in [-0.05, 0) is 24.8 Å². The molecule has 0 saturated carbocycles. The van der Waals surface area contributed by atoms with E-state index in [4.69, 9.17) is 12.4 Å². The van der Waals surface area contributed by atoms with Crippen LogP contribution in [0, 0.1) is 0 Å². The van der Waals surface area contributed by atoms with Crippen molar-refractivity contribution >= 4 is 5.97 Å². The van der Waals surface area contributed by atoms with Crippen LogP contribution in [-0.4, -0.2) is 23.6 Å². The monoisotopic (exact) mass is 228 g/mol. The largest absolute Gasteiger partial charge is 0.481 e. The van der Waals surface area contributed by atoms with E-state index >= 15 is 0 Å². The molecular formula is C13H17NO2. The maximum Gasteiger partial charge on any atom is 0.312 e. The molecule has 1 heterocycles. The number of aliphatic carboxylic acids is 1. The highest BCUT2D eigenvalue weighted by Gasteiger charge is 2.30. The van der Waals surface area contributed by atoms with E-state index in [1.165, 1.54) is 30.3 Å². The lowest BCUT2D eigenvalue weighted by atomic mass is 9.86. The van der Waals surface area contributed by atoms with Gasteiger partial charge >= 0.3 is 5.97 Å². The standard InChI is InChI=1S/C13H17NO2/c15-13(16)12(10-6-2-1-3-7-10)11-8-4-5-9-14-11/h1-3,6-7,11-12,14H,4-5,8-9H2,(H,15,16)/t11-,12-/m1/s1/i4D2,5D,8D2,9D2,12D/hD/t5?,11-,12-. The molecule has 2 N–H and O–H groups in total. The van der Waals surface area contributed by atoms with Crippen LogP contribution < -0.4 is 5.31 Å². The zero-order valence-electron chi connectivity index (χ0n) is 17.3. The van der Waals surface area contributed by atoms with Crippen LogP contribution in [0.15, 0.2) is 30.3 Å². The highest BCUT2D eigenvalue weighted by Crippen LogP contribution is 2.25. The van der Waals surface area contributed by atoms with Gasteiger partial charge in [-0.15, -0.1) is 0 Å². The van der Waals surface area contributed by atoms with Crippen molar-refractivity contribution in [3.63, 3.8) is 0 Å². The SMILES string of the molecule is [2H]C1C([2H])([2H])N([2H])[C@@H]([C@]([2H])(C(=O)O)c2ccccc2)C([2H])([2H])C1([2H])[2H]. The van der Waals surface area contributed by atoms with Gasteiger partial charge in [-0.3, -0.25) is 4.79 Å². The zero-order chi connectivity index (χ0) is 19.4. The maximum atomic E-state index is 11.9. The molecule has 1 aromatic rings. The minimum atomic E-state index is -3.16. The number of carbonyl (C=O) groups is 1. The van der Waals surface area contributed by atoms with E-state index in [-0.39, 0.29) is 10.9 Å². The Morgan fingerprint density at radius 3 is 3.06 bits per heavy atom. The summed E-state index contributed by atoms with van der Waals surface area (Å²) in [6.45, 7) is -3.00. The van der Waals surface area contributed by atoms with Crippen molar-refractivity contribution in [3.05, 3.63) is 35.9 Å². The number of carboxylic acids is 1. The van der Waals surface area contributed by atoms with Gasteiger partial charge in [0.05, 0.1) is 5.89 Å². The van der Waals surface area contributed by atoms with Crippen LogP contribution in [0.2, 0.25) is 1.41 Å². The van der Waals surface area contributed by atoms with E-state index in [1.807, 2.05) is 0 Å². The Kier molecular flexibility index (Phi) is 1.44. The lowest BCUT2D eigenvalue weighted by molar-refractivity contribution is -0.139. The summed E-state index contributed by atoms with van der Waals surface area (Å²) in [6.07, 6.45) is -8.60. The average Bonchev–Trinajstić information content (AvgIpc) is 2.53. The second kappa shape index (κ2) is 5.12. The van der Waals surface area contributed by atoms with Gasteiger partial charge in [0.2, 0.25) is 0 Å². The van der Waals surface area contributed by atoms with Crippen LogP contribution >= 0.6 is 0 Å². The van der Waals surface area contributed by atoms with E-state index in [9.17, 15) is 9.90 Å². The van der Waals surface area contributed by atoms with Crippen molar-refractivity contribution in [1.29, 1.82) is 0 Å². The molecule has 0 amide bonds. The molecule has 0 aromatic heterocycles. The lowest BCUT2D eigenvalue weighted by Gasteiger charge is -2.29. The van der Waals surface area contributed by atoms with E-state index in [1.54, 1.807) is 0 Å². The molecule has 1 fully saturated rings. The first-order valence-electron chi connectivity index (χ1n) is 9.25. The summed E-state index contributed by atoms with van der Waals surface area (Å²) >= 11 is 0. The van der Waals surface area contributed by atoms with Gasteiger partial charge in [0, 0.05) is 17.0 Å². The molecule has 2 rings (SSSR count). The third-order valence-electron chi connectivity index (χ3n) is 2.15. The van der Waals surface area contributed by atoms with Crippen molar-refractivity contribution in [3.8, 4) is 0 Å². The highest BCUT2D eigenvalue weighted by atomic mass is 16.4. The van der Waals surface area contributed by atoms with Crippen molar-refractivity contribution in [2.24, 2.45) is 0 Å². The van der Waals surface area contributed by atoms with Gasteiger partial charge < -0.3 is 10.4 Å². The molecule has 3 nitrogen and oxygen atoms in total. The molecule has 1 saturated heterocycles. The van der Waals surface area contributed by atoms with Gasteiger partial charge in [-0.2, -0.15) is 0 Å². The summed E-state index contributed by atoms with van der Waals surface area (Å²) in [5, 5.41) is 9.56. The van der Waals surface area contributed by atoms with Gasteiger partial charge in [-0.25, -0.2) is 0 Å². The Hall–Kier alpha value is -1.35. The summed E-state index contributed by atoms with van der Waals surface area (Å²) in [5.74, 6) is -4.72. The fraction of sp³-hybridized carbons (Fsp3) is 0.462. The van der Waals surface area contributed by atoms with E-state index in [0.29, 0.717) is 0 Å². The molecule has 1 aliphatic heterocycles. The smallest absolute Gasteiger partial charge is 0.312 e. The normalized spacial score (nSPS) is 48.1. The molecule has 16 heavy (non-hydrogen) atoms. The quantitative estimate of drug-likeness (QED) is 0.832. The number of rotatable bonds is 3. The summed E-state index contributed by atoms with van der Waals surface area (Å²) in [4.78, 5) is 11.9. The molecule has 1 aliphatic rings. The van der Waals surface area contributed by atoms with Crippen LogP contribution in [0.1, 0.15) is 41.6 Å². The summed E-state index contributed by atoms with van der Waals surface area (Å²) in [5.41, 5.74) is -0.219. The summed E-state index contributed by atoms with van der Waals surface area (Å²) in [6, 6.07) is 4.46. The van der Waals surface area contributed by atoms with Crippen molar-refractivity contribution in [2.45, 2.75) is 31.1 Å². The van der Waals surface area contributed by atoms with Gasteiger partial charge in [0.15, 0.2) is 0 Å². The average molecular weight is 228 g/mol. The number of nitrogens with one attached hydrogen (secondary N) is 1. The van der Waals surface area contributed by atoms with Gasteiger partial charge in [0.25, 0.3) is 0 Å². The minimum Gasteiger partial charge on any atom is -0.481 e. The molecule has 3 heteroatoms. The van der Waals surface area contributed by atoms with Crippen molar-refractivity contribution in [2.75, 3.05) is 6.50 Å². The zero-order valence-corrected chi connectivity index (χ0v) is 8.34. The van der Waals surface area contributed by atoms with E-state index in [0.717, 1.165) is 0 Å². The number of hydrogen-bond acceptors (Lipinski definition) is 2. The van der Waals surface area contributed by atoms with Crippen LogP contribution in [0.25, 0.3) is 0 Å². The Morgan fingerprint density at radius 1 is 1.62 bits per heavy atom. The molecule has 0 aliphatic carbocycles. The Bertz CT molecular complexity index is 669.